The summed E-state index contributed by atoms with van der Waals surface area (Å²) < 4.78 is 5.09. The zero-order valence-electron chi connectivity index (χ0n) is 13.3. The molecule has 0 amide bonds. The third-order valence-corrected chi connectivity index (χ3v) is 4.66. The molecule has 0 atom stereocenters. The summed E-state index contributed by atoms with van der Waals surface area (Å²) in [6.07, 6.45) is 4.04. The smallest absolute Gasteiger partial charge is 0.0842 e. The zero-order chi connectivity index (χ0) is 15.4. The van der Waals surface area contributed by atoms with Crippen molar-refractivity contribution in [3.63, 3.8) is 0 Å². The fourth-order valence-corrected chi connectivity index (χ4v) is 3.09. The monoisotopic (exact) mass is 353 g/mol. The van der Waals surface area contributed by atoms with Gasteiger partial charge >= 0.3 is 0 Å². The van der Waals surface area contributed by atoms with Gasteiger partial charge in [0.05, 0.1) is 28.6 Å². The van der Waals surface area contributed by atoms with Gasteiger partial charge in [-0.25, -0.2) is 0 Å². The Labute approximate surface area is 134 Å². The van der Waals surface area contributed by atoms with Crippen molar-refractivity contribution < 1.29 is 0 Å². The molecule has 1 N–H and O–H groups in total. The summed E-state index contributed by atoms with van der Waals surface area (Å²) >= 11 is 3.67. The van der Waals surface area contributed by atoms with Gasteiger partial charge < -0.3 is 5.32 Å². The number of hydrogen-bond acceptors (Lipinski definition) is 3. The van der Waals surface area contributed by atoms with E-state index in [0.29, 0.717) is 0 Å². The summed E-state index contributed by atoms with van der Waals surface area (Å²) in [6, 6.07) is 0. The van der Waals surface area contributed by atoms with Crippen molar-refractivity contribution in [2.45, 2.75) is 46.7 Å². The van der Waals surface area contributed by atoms with Gasteiger partial charge in [0.15, 0.2) is 0 Å². The number of rotatable bonds is 7. The fourth-order valence-electron chi connectivity index (χ4n) is 2.35. The van der Waals surface area contributed by atoms with Crippen molar-refractivity contribution in [1.29, 1.82) is 0 Å². The van der Waals surface area contributed by atoms with Gasteiger partial charge in [-0.3, -0.25) is 9.36 Å². The van der Waals surface area contributed by atoms with Gasteiger partial charge in [0, 0.05) is 24.8 Å². The highest BCUT2D eigenvalue weighted by atomic mass is 79.9. The lowest BCUT2D eigenvalue weighted by Gasteiger charge is -2.07. The molecule has 0 bridgehead atoms. The molecule has 2 rings (SSSR count). The third-order valence-electron chi connectivity index (χ3n) is 3.75. The van der Waals surface area contributed by atoms with Crippen molar-refractivity contribution in [2.75, 3.05) is 6.54 Å². The maximum absolute atomic E-state index is 4.54. The molecule has 21 heavy (non-hydrogen) atoms. The highest BCUT2D eigenvalue weighted by molar-refractivity contribution is 9.10. The molecule has 0 fully saturated rings. The minimum absolute atomic E-state index is 0.740. The molecule has 2 heterocycles. The standard InChI is InChI=1S/C15H24BrN5/c1-5-7-17-8-12-9-18-21(11(12)3)10-14-15(16)13(6-2)19-20(14)4/h9,17H,5-8,10H2,1-4H3. The van der Waals surface area contributed by atoms with Gasteiger partial charge in [-0.2, -0.15) is 10.2 Å². The maximum Gasteiger partial charge on any atom is 0.0842 e. The minimum Gasteiger partial charge on any atom is -0.313 e. The molecule has 0 aliphatic rings. The Balaban J connectivity index is 2.15. The number of hydrogen-bond donors (Lipinski definition) is 1. The molecule has 2 aromatic rings. The number of nitrogens with zero attached hydrogens (tertiary/aromatic N) is 4. The topological polar surface area (TPSA) is 47.7 Å². The van der Waals surface area contributed by atoms with Crippen molar-refractivity contribution in [3.05, 3.63) is 33.3 Å². The first-order valence-electron chi connectivity index (χ1n) is 7.50. The molecule has 116 valence electrons. The Morgan fingerprint density at radius 2 is 2.10 bits per heavy atom. The van der Waals surface area contributed by atoms with Crippen LogP contribution in [-0.4, -0.2) is 26.1 Å². The SMILES string of the molecule is CCCNCc1cnn(Cc2c(Br)c(CC)nn2C)c1C. The molecule has 0 aliphatic carbocycles. The van der Waals surface area contributed by atoms with E-state index in [2.05, 4.69) is 52.2 Å². The van der Waals surface area contributed by atoms with Gasteiger partial charge in [-0.1, -0.05) is 13.8 Å². The van der Waals surface area contributed by atoms with E-state index in [-0.39, 0.29) is 0 Å². The predicted octanol–water partition coefficient (Wildman–Crippen LogP) is 2.80. The van der Waals surface area contributed by atoms with Crippen LogP contribution in [0.5, 0.6) is 0 Å². The van der Waals surface area contributed by atoms with Gasteiger partial charge in [0.2, 0.25) is 0 Å². The van der Waals surface area contributed by atoms with Crippen LogP contribution in [0.25, 0.3) is 0 Å². The summed E-state index contributed by atoms with van der Waals surface area (Å²) in [7, 11) is 1.99. The van der Waals surface area contributed by atoms with Crippen molar-refractivity contribution in [3.8, 4) is 0 Å². The predicted molar refractivity (Wildman–Crippen MR) is 88.3 cm³/mol. The molecule has 0 saturated heterocycles. The average Bonchev–Trinajstić information content (AvgIpc) is 2.95. The lowest BCUT2D eigenvalue weighted by Crippen LogP contribution is -2.15. The van der Waals surface area contributed by atoms with Crippen LogP contribution in [0.3, 0.4) is 0 Å². The van der Waals surface area contributed by atoms with E-state index in [1.807, 2.05) is 22.6 Å². The van der Waals surface area contributed by atoms with E-state index in [9.17, 15) is 0 Å². The molecule has 0 radical (unpaired) electrons. The Kier molecular flexibility index (Phi) is 5.58. The molecule has 2 aromatic heterocycles. The normalized spacial score (nSPS) is 11.3. The second-order valence-corrected chi connectivity index (χ2v) is 6.07. The molecule has 0 spiro atoms. The van der Waals surface area contributed by atoms with Crippen LogP contribution in [0.15, 0.2) is 10.7 Å². The Morgan fingerprint density at radius 3 is 2.71 bits per heavy atom. The summed E-state index contributed by atoms with van der Waals surface area (Å²) in [5.41, 5.74) is 4.73. The van der Waals surface area contributed by atoms with Crippen molar-refractivity contribution in [2.24, 2.45) is 7.05 Å². The van der Waals surface area contributed by atoms with Gasteiger partial charge in [-0.05, 0) is 42.2 Å². The van der Waals surface area contributed by atoms with Crippen LogP contribution >= 0.6 is 15.9 Å². The van der Waals surface area contributed by atoms with E-state index < -0.39 is 0 Å². The Morgan fingerprint density at radius 1 is 1.33 bits per heavy atom. The summed E-state index contributed by atoms with van der Waals surface area (Å²) in [6.45, 7) is 9.08. The van der Waals surface area contributed by atoms with Gasteiger partial charge in [0.1, 0.15) is 0 Å². The van der Waals surface area contributed by atoms with Crippen LogP contribution in [-0.2, 0) is 26.6 Å². The molecule has 5 nitrogen and oxygen atoms in total. The minimum atomic E-state index is 0.740. The molecular formula is C15H24BrN5. The van der Waals surface area contributed by atoms with Crippen LogP contribution in [0.2, 0.25) is 0 Å². The molecule has 0 aliphatic heterocycles. The van der Waals surface area contributed by atoms with Crippen LogP contribution in [0, 0.1) is 6.92 Å². The Hall–Kier alpha value is -1.14. The second-order valence-electron chi connectivity index (χ2n) is 5.27. The van der Waals surface area contributed by atoms with E-state index in [0.717, 1.165) is 48.3 Å². The van der Waals surface area contributed by atoms with Crippen LogP contribution in [0.4, 0.5) is 0 Å². The average molecular weight is 354 g/mol. The third kappa shape index (κ3) is 3.55. The number of halogens is 1. The lowest BCUT2D eigenvalue weighted by atomic mass is 10.2. The number of aryl methyl sites for hydroxylation is 2. The molecule has 0 unspecified atom stereocenters. The van der Waals surface area contributed by atoms with Gasteiger partial charge in [0.25, 0.3) is 0 Å². The van der Waals surface area contributed by atoms with E-state index in [1.54, 1.807) is 0 Å². The van der Waals surface area contributed by atoms with E-state index >= 15 is 0 Å². The maximum atomic E-state index is 4.54. The summed E-state index contributed by atoms with van der Waals surface area (Å²) in [4.78, 5) is 0. The van der Waals surface area contributed by atoms with Crippen LogP contribution in [0.1, 0.15) is 42.9 Å². The first-order valence-corrected chi connectivity index (χ1v) is 8.30. The number of aromatic nitrogens is 4. The largest absolute Gasteiger partial charge is 0.313 e. The van der Waals surface area contributed by atoms with Crippen molar-refractivity contribution in [1.82, 2.24) is 24.9 Å². The molecule has 6 heteroatoms. The zero-order valence-corrected chi connectivity index (χ0v) is 14.9. The van der Waals surface area contributed by atoms with Crippen LogP contribution < -0.4 is 5.32 Å². The van der Waals surface area contributed by atoms with E-state index in [1.165, 1.54) is 11.3 Å². The number of nitrogens with one attached hydrogen (secondary N) is 1. The molecule has 0 aromatic carbocycles. The fraction of sp³-hybridized carbons (Fsp3) is 0.600. The highest BCUT2D eigenvalue weighted by Crippen LogP contribution is 2.23. The van der Waals surface area contributed by atoms with Gasteiger partial charge in [-0.15, -0.1) is 0 Å². The second kappa shape index (κ2) is 7.22. The molecular weight excluding hydrogens is 330 g/mol. The summed E-state index contributed by atoms with van der Waals surface area (Å²) in [5.74, 6) is 0. The summed E-state index contributed by atoms with van der Waals surface area (Å²) in [5, 5.41) is 12.5. The first-order chi connectivity index (χ1) is 10.1. The quantitative estimate of drug-likeness (QED) is 0.778. The molecule has 0 saturated carbocycles. The lowest BCUT2D eigenvalue weighted by molar-refractivity contribution is 0.602. The van der Waals surface area contributed by atoms with E-state index in [4.69, 9.17) is 0 Å². The first kappa shape index (κ1) is 16.2. The highest BCUT2D eigenvalue weighted by Gasteiger charge is 2.15. The van der Waals surface area contributed by atoms with Crippen molar-refractivity contribution >= 4 is 15.9 Å². The Bertz CT molecular complexity index is 599.